The van der Waals surface area contributed by atoms with E-state index in [1.807, 2.05) is 7.05 Å². The molecule has 0 aliphatic rings. The lowest BCUT2D eigenvalue weighted by Crippen LogP contribution is -2.23. The van der Waals surface area contributed by atoms with Crippen LogP contribution in [0.5, 0.6) is 0 Å². The molecule has 0 aromatic carbocycles. The van der Waals surface area contributed by atoms with Gasteiger partial charge >= 0.3 is 0 Å². The third-order valence-electron chi connectivity index (χ3n) is 1.75. The minimum atomic E-state index is 0.106. The topological polar surface area (TPSA) is 62.8 Å². The van der Waals surface area contributed by atoms with Crippen LogP contribution in [-0.2, 0) is 4.74 Å². The fraction of sp³-hybridized carbons (Fsp3) is 0.750. The van der Waals surface area contributed by atoms with Crippen molar-refractivity contribution in [3.05, 3.63) is 12.2 Å². The Hall–Kier alpha value is -0.940. The van der Waals surface area contributed by atoms with E-state index >= 15 is 0 Å². The SMILES string of the molecule is CCCOCC(NC)c1ncn[nH]1. The maximum atomic E-state index is 5.41. The van der Waals surface area contributed by atoms with Crippen LogP contribution in [0.3, 0.4) is 0 Å². The Morgan fingerprint density at radius 3 is 3.08 bits per heavy atom. The molecule has 1 aromatic rings. The average Bonchev–Trinajstić information content (AvgIpc) is 2.65. The molecule has 5 nitrogen and oxygen atoms in total. The number of likely N-dealkylation sites (N-methyl/N-ethyl adjacent to an activating group) is 1. The number of aromatic nitrogens is 3. The van der Waals surface area contributed by atoms with Crippen LogP contribution in [0.4, 0.5) is 0 Å². The molecule has 1 unspecified atom stereocenters. The lowest BCUT2D eigenvalue weighted by molar-refractivity contribution is 0.112. The molecule has 1 rings (SSSR count). The molecular weight excluding hydrogens is 168 g/mol. The highest BCUT2D eigenvalue weighted by atomic mass is 16.5. The third kappa shape index (κ3) is 3.12. The van der Waals surface area contributed by atoms with Crippen LogP contribution >= 0.6 is 0 Å². The first-order valence-corrected chi connectivity index (χ1v) is 4.48. The summed E-state index contributed by atoms with van der Waals surface area (Å²) in [5.41, 5.74) is 0. The van der Waals surface area contributed by atoms with Gasteiger partial charge in [-0.3, -0.25) is 5.10 Å². The van der Waals surface area contributed by atoms with E-state index in [2.05, 4.69) is 27.4 Å². The maximum absolute atomic E-state index is 5.41. The van der Waals surface area contributed by atoms with Crippen LogP contribution in [0.25, 0.3) is 0 Å². The lowest BCUT2D eigenvalue weighted by Gasteiger charge is -2.12. The summed E-state index contributed by atoms with van der Waals surface area (Å²) < 4.78 is 5.41. The van der Waals surface area contributed by atoms with E-state index in [-0.39, 0.29) is 6.04 Å². The minimum Gasteiger partial charge on any atom is -0.379 e. The van der Waals surface area contributed by atoms with Gasteiger partial charge in [-0.2, -0.15) is 5.10 Å². The molecule has 2 N–H and O–H groups in total. The molecule has 1 atom stereocenters. The molecule has 0 saturated heterocycles. The number of hydrogen-bond donors (Lipinski definition) is 2. The molecule has 74 valence electrons. The van der Waals surface area contributed by atoms with Crippen LogP contribution in [-0.4, -0.2) is 35.4 Å². The Morgan fingerprint density at radius 2 is 2.54 bits per heavy atom. The predicted octanol–water partition coefficient (Wildman–Crippen LogP) is 0.492. The van der Waals surface area contributed by atoms with E-state index in [9.17, 15) is 0 Å². The quantitative estimate of drug-likeness (QED) is 0.632. The van der Waals surface area contributed by atoms with Crippen molar-refractivity contribution < 1.29 is 4.74 Å². The number of aromatic amines is 1. The molecule has 0 fully saturated rings. The predicted molar refractivity (Wildman–Crippen MR) is 49.3 cm³/mol. The smallest absolute Gasteiger partial charge is 0.143 e. The van der Waals surface area contributed by atoms with Gasteiger partial charge in [-0.05, 0) is 13.5 Å². The second-order valence-electron chi connectivity index (χ2n) is 2.79. The summed E-state index contributed by atoms with van der Waals surface area (Å²) in [6.07, 6.45) is 2.53. The van der Waals surface area contributed by atoms with Crippen molar-refractivity contribution in [2.75, 3.05) is 20.3 Å². The Labute approximate surface area is 77.9 Å². The molecule has 0 spiro atoms. The van der Waals surface area contributed by atoms with Gasteiger partial charge in [-0.15, -0.1) is 0 Å². The van der Waals surface area contributed by atoms with Crippen LogP contribution in [0.15, 0.2) is 6.33 Å². The Kier molecular flexibility index (Phi) is 4.42. The summed E-state index contributed by atoms with van der Waals surface area (Å²) in [5, 5.41) is 9.70. The second kappa shape index (κ2) is 5.66. The number of hydrogen-bond acceptors (Lipinski definition) is 4. The first kappa shape index (κ1) is 10.1. The third-order valence-corrected chi connectivity index (χ3v) is 1.75. The summed E-state index contributed by atoms with van der Waals surface area (Å²) >= 11 is 0. The van der Waals surface area contributed by atoms with Crippen molar-refractivity contribution >= 4 is 0 Å². The monoisotopic (exact) mass is 184 g/mol. The fourth-order valence-electron chi connectivity index (χ4n) is 1.03. The van der Waals surface area contributed by atoms with Gasteiger partial charge in [-0.1, -0.05) is 6.92 Å². The zero-order valence-corrected chi connectivity index (χ0v) is 8.08. The van der Waals surface area contributed by atoms with Gasteiger partial charge in [0.1, 0.15) is 12.2 Å². The standard InChI is InChI=1S/C8H16N4O/c1-3-4-13-5-7(9-2)8-10-6-11-12-8/h6-7,9H,3-5H2,1-2H3,(H,10,11,12). The van der Waals surface area contributed by atoms with Crippen LogP contribution in [0, 0.1) is 0 Å². The van der Waals surface area contributed by atoms with E-state index in [0.717, 1.165) is 18.9 Å². The molecule has 0 aliphatic carbocycles. The summed E-state index contributed by atoms with van der Waals surface area (Å²) in [6, 6.07) is 0.106. The summed E-state index contributed by atoms with van der Waals surface area (Å²) in [7, 11) is 1.88. The van der Waals surface area contributed by atoms with Crippen molar-refractivity contribution in [3.8, 4) is 0 Å². The average molecular weight is 184 g/mol. The second-order valence-corrected chi connectivity index (χ2v) is 2.79. The minimum absolute atomic E-state index is 0.106. The van der Waals surface area contributed by atoms with Gasteiger partial charge in [-0.25, -0.2) is 4.98 Å². The molecule has 0 bridgehead atoms. The highest BCUT2D eigenvalue weighted by Gasteiger charge is 2.11. The first-order valence-electron chi connectivity index (χ1n) is 4.48. The van der Waals surface area contributed by atoms with Gasteiger partial charge < -0.3 is 10.1 Å². The number of nitrogens with zero attached hydrogens (tertiary/aromatic N) is 2. The van der Waals surface area contributed by atoms with E-state index in [0.29, 0.717) is 6.61 Å². The van der Waals surface area contributed by atoms with Crippen LogP contribution in [0.2, 0.25) is 0 Å². The summed E-state index contributed by atoms with van der Waals surface area (Å²) in [6.45, 7) is 3.49. The molecule has 0 radical (unpaired) electrons. The molecule has 0 saturated carbocycles. The zero-order chi connectivity index (χ0) is 9.52. The number of ether oxygens (including phenoxy) is 1. The van der Waals surface area contributed by atoms with E-state index in [1.54, 1.807) is 0 Å². The lowest BCUT2D eigenvalue weighted by atomic mass is 10.3. The van der Waals surface area contributed by atoms with Crippen molar-refractivity contribution in [2.24, 2.45) is 0 Å². The van der Waals surface area contributed by atoms with Gasteiger partial charge in [0.25, 0.3) is 0 Å². The fourth-order valence-corrected chi connectivity index (χ4v) is 1.03. The van der Waals surface area contributed by atoms with Gasteiger partial charge in [0.2, 0.25) is 0 Å². The number of nitrogens with one attached hydrogen (secondary N) is 2. The molecule has 5 heteroatoms. The molecule has 1 heterocycles. The highest BCUT2D eigenvalue weighted by Crippen LogP contribution is 2.05. The van der Waals surface area contributed by atoms with Crippen molar-refractivity contribution in [2.45, 2.75) is 19.4 Å². The van der Waals surface area contributed by atoms with Gasteiger partial charge in [0.15, 0.2) is 0 Å². The van der Waals surface area contributed by atoms with E-state index in [4.69, 9.17) is 4.74 Å². The van der Waals surface area contributed by atoms with Gasteiger partial charge in [0, 0.05) is 6.61 Å². The van der Waals surface area contributed by atoms with Crippen LogP contribution < -0.4 is 5.32 Å². The maximum Gasteiger partial charge on any atom is 0.143 e. The van der Waals surface area contributed by atoms with Crippen molar-refractivity contribution in [1.29, 1.82) is 0 Å². The molecule has 13 heavy (non-hydrogen) atoms. The number of H-pyrrole nitrogens is 1. The van der Waals surface area contributed by atoms with Crippen molar-refractivity contribution in [3.63, 3.8) is 0 Å². The summed E-state index contributed by atoms with van der Waals surface area (Å²) in [5.74, 6) is 0.818. The first-order chi connectivity index (χ1) is 6.38. The highest BCUT2D eigenvalue weighted by molar-refractivity contribution is 4.90. The Balaban J connectivity index is 2.35. The van der Waals surface area contributed by atoms with Crippen LogP contribution in [0.1, 0.15) is 25.2 Å². The normalized spacial score (nSPS) is 13.1. The molecular formula is C8H16N4O. The molecule has 1 aromatic heterocycles. The van der Waals surface area contributed by atoms with Crippen molar-refractivity contribution in [1.82, 2.24) is 20.5 Å². The summed E-state index contributed by atoms with van der Waals surface area (Å²) in [4.78, 5) is 4.06. The molecule has 0 aliphatic heterocycles. The van der Waals surface area contributed by atoms with E-state index in [1.165, 1.54) is 6.33 Å². The van der Waals surface area contributed by atoms with Gasteiger partial charge in [0.05, 0.1) is 12.6 Å². The Morgan fingerprint density at radius 1 is 1.69 bits per heavy atom. The number of rotatable bonds is 6. The Bertz CT molecular complexity index is 212. The largest absolute Gasteiger partial charge is 0.379 e. The molecule has 0 amide bonds. The zero-order valence-electron chi connectivity index (χ0n) is 8.08. The van der Waals surface area contributed by atoms with E-state index < -0.39 is 0 Å².